The predicted molar refractivity (Wildman–Crippen MR) is 233 cm³/mol. The highest BCUT2D eigenvalue weighted by molar-refractivity contribution is 5.74. The molecule has 33 nitrogen and oxygen atoms in total. The van der Waals surface area contributed by atoms with E-state index >= 15 is 0 Å². The fraction of sp³-hybridized carbons (Fsp3) is 0.929. The van der Waals surface area contributed by atoms with Crippen molar-refractivity contribution in [3.05, 3.63) is 0 Å². The number of carbonyl (C=O) groups is 3. The van der Waals surface area contributed by atoms with E-state index in [1.807, 2.05) is 0 Å². The summed E-state index contributed by atoms with van der Waals surface area (Å²) in [6, 6.07) is -4.92. The Balaban J connectivity index is 1.20. The van der Waals surface area contributed by atoms with Crippen molar-refractivity contribution in [3.8, 4) is 0 Å². The monoisotopic (exact) mass is 1100 g/mol. The summed E-state index contributed by atoms with van der Waals surface area (Å²) in [6.45, 7) is 0.105. The minimum Gasteiger partial charge on any atom is -0.394 e. The average molecular weight is 1100 g/mol. The van der Waals surface area contributed by atoms with Gasteiger partial charge in [0.05, 0.1) is 39.1 Å². The van der Waals surface area contributed by atoms with E-state index in [-0.39, 0.29) is 0 Å². The Labute approximate surface area is 426 Å². The highest BCUT2D eigenvalue weighted by Gasteiger charge is 2.56. The van der Waals surface area contributed by atoms with Crippen LogP contribution in [0.1, 0.15) is 27.7 Å². The van der Waals surface area contributed by atoms with Gasteiger partial charge in [-0.3, -0.25) is 14.4 Å². The zero-order valence-electron chi connectivity index (χ0n) is 40.7. The quantitative estimate of drug-likeness (QED) is 0.0606. The van der Waals surface area contributed by atoms with Crippen molar-refractivity contribution in [3.63, 3.8) is 0 Å². The van der Waals surface area contributed by atoms with Gasteiger partial charge in [-0.25, -0.2) is 0 Å². The van der Waals surface area contributed by atoms with Crippen LogP contribution in [0.25, 0.3) is 0 Å². The molecule has 3 amide bonds. The number of aliphatic hydroxyl groups is 16. The summed E-state index contributed by atoms with van der Waals surface area (Å²) in [5, 5.41) is 179. The molecule has 6 aliphatic rings. The van der Waals surface area contributed by atoms with Gasteiger partial charge in [-0.05, 0) is 6.92 Å². The first-order valence-corrected chi connectivity index (χ1v) is 23.9. The van der Waals surface area contributed by atoms with Crippen LogP contribution in [0.2, 0.25) is 0 Å². The van der Waals surface area contributed by atoms with Gasteiger partial charge in [-0.1, -0.05) is 0 Å². The lowest BCUT2D eigenvalue weighted by molar-refractivity contribution is -0.374. The van der Waals surface area contributed by atoms with Crippen LogP contribution in [0.4, 0.5) is 0 Å². The Kier molecular flexibility index (Phi) is 21.8. The minimum absolute atomic E-state index is 0.715. The normalized spacial score (nSPS) is 48.6. The van der Waals surface area contributed by atoms with Crippen LogP contribution in [0.5, 0.6) is 0 Å². The van der Waals surface area contributed by atoms with Crippen LogP contribution in [-0.4, -0.2) is 317 Å². The van der Waals surface area contributed by atoms with E-state index in [1.54, 1.807) is 0 Å². The van der Waals surface area contributed by atoms with Gasteiger partial charge < -0.3 is 150 Å². The van der Waals surface area contributed by atoms with Crippen molar-refractivity contribution >= 4 is 17.7 Å². The number of amides is 3. The number of hydrogen-bond donors (Lipinski definition) is 19. The number of ether oxygens (including phenoxy) is 11. The van der Waals surface area contributed by atoms with Crippen molar-refractivity contribution in [1.82, 2.24) is 16.0 Å². The van der Waals surface area contributed by atoms with Gasteiger partial charge in [0.25, 0.3) is 0 Å². The largest absolute Gasteiger partial charge is 0.394 e. The fourth-order valence-electron chi connectivity index (χ4n) is 9.45. The van der Waals surface area contributed by atoms with E-state index in [4.69, 9.17) is 52.1 Å². The molecule has 19 N–H and O–H groups in total. The van der Waals surface area contributed by atoms with Gasteiger partial charge in [-0.15, -0.1) is 0 Å². The Morgan fingerprint density at radius 1 is 0.373 bits per heavy atom. The number of nitrogens with one attached hydrogen (secondary N) is 3. The van der Waals surface area contributed by atoms with Gasteiger partial charge in [0.2, 0.25) is 17.7 Å². The molecule has 75 heavy (non-hydrogen) atoms. The molecule has 6 aliphatic heterocycles. The molecule has 0 bridgehead atoms. The van der Waals surface area contributed by atoms with E-state index in [2.05, 4.69) is 16.0 Å². The molecule has 0 unspecified atom stereocenters. The van der Waals surface area contributed by atoms with Crippen molar-refractivity contribution in [1.29, 1.82) is 0 Å². The lowest BCUT2D eigenvalue weighted by Gasteiger charge is -2.49. The molecule has 6 heterocycles. The molecule has 0 saturated carbocycles. The zero-order chi connectivity index (χ0) is 55.5. The van der Waals surface area contributed by atoms with Gasteiger partial charge in [0.15, 0.2) is 37.7 Å². The maximum absolute atomic E-state index is 12.6. The van der Waals surface area contributed by atoms with Crippen molar-refractivity contribution < 1.29 is 148 Å². The van der Waals surface area contributed by atoms with E-state index in [1.165, 1.54) is 6.92 Å². The summed E-state index contributed by atoms with van der Waals surface area (Å²) in [6.07, 6.45) is -48.7. The van der Waals surface area contributed by atoms with Crippen LogP contribution in [0.3, 0.4) is 0 Å². The molecule has 6 saturated heterocycles. The third kappa shape index (κ3) is 13.9. The average Bonchev–Trinajstić information content (AvgIpc) is 3.36. The highest BCUT2D eigenvalue weighted by atomic mass is 16.8. The third-order valence-electron chi connectivity index (χ3n) is 13.6. The maximum Gasteiger partial charge on any atom is 0.217 e. The Morgan fingerprint density at radius 3 is 1.35 bits per heavy atom. The summed E-state index contributed by atoms with van der Waals surface area (Å²) < 4.78 is 63.4. The molecule has 434 valence electrons. The summed E-state index contributed by atoms with van der Waals surface area (Å²) in [5.41, 5.74) is 0. The van der Waals surface area contributed by atoms with E-state index in [9.17, 15) is 96.1 Å². The summed E-state index contributed by atoms with van der Waals surface area (Å²) in [7, 11) is 0. The summed E-state index contributed by atoms with van der Waals surface area (Å²) in [5.74, 6) is -2.31. The van der Waals surface area contributed by atoms with E-state index in [0.29, 0.717) is 0 Å². The first kappa shape index (κ1) is 61.5. The van der Waals surface area contributed by atoms with Crippen LogP contribution < -0.4 is 16.0 Å². The molecule has 33 heteroatoms. The van der Waals surface area contributed by atoms with Gasteiger partial charge in [0, 0.05) is 20.8 Å². The molecule has 0 aromatic rings. The predicted octanol–water partition coefficient (Wildman–Crippen LogP) is -12.6. The number of carbonyl (C=O) groups excluding carboxylic acids is 3. The standard InChI is InChI=1S/C42H71N3O30/c1-10-22(52)29(59)32(62)40(67-10)65-9-18-35(27(57)19(37(64)68-18)43-11(2)49)73-39-21(45-13(4)51)28(58)34(16(7-48)71-39)74-41-33(63)30(60)25(55)17(72-41)8-66-42-36(31(61)24(54)15(6-47)70-42)75-38-20(44-12(3)50)26(56)23(53)14(5-46)69-38/h10,14-42,46-48,52-64H,5-9H2,1-4H3,(H,43,49)(H,44,50)(H,45,51)/t10-,14+,15+,16+,17+,18+,19+,20+,21+,22+,23+,24+,25+,26+,27+,28+,29+,30-,31-,32-,33-,34+,35+,36-,37+,38-,39+,40+,41-,42+/m0/s1. The Morgan fingerprint density at radius 2 is 0.773 bits per heavy atom. The first-order valence-electron chi connectivity index (χ1n) is 23.9. The molecule has 0 spiro atoms. The van der Waals surface area contributed by atoms with E-state index in [0.717, 1.165) is 20.8 Å². The lowest BCUT2D eigenvalue weighted by Crippen LogP contribution is -2.70. The molecular weight excluding hydrogens is 1030 g/mol. The SMILES string of the molecule is CC(=O)N[C@@H]1[C@@H](O)[C@H](O[C@H]2O[C@H](CO)[C@@H](O[C@@H]3O[C@H](CO[C@@H]4O[C@H](CO)[C@@H](O)[C@H](O)[C@@H]4O[C@@H]4O[C@H](CO)[C@@H](O)[C@H](O)[C@H]4NC(C)=O)[C@@H](O)[C@H](O)[C@@H]3O)[C@H](O)[C@H]2NC(C)=O)[C@@H](CO[C@@H]2O[C@@H](C)[C@@H](O)[C@@H](O)[C@@H]2O)O[C@H]1O. The van der Waals surface area contributed by atoms with Crippen LogP contribution in [-0.2, 0) is 66.5 Å². The Hall–Kier alpha value is -2.67. The summed E-state index contributed by atoms with van der Waals surface area (Å²) >= 11 is 0. The maximum atomic E-state index is 12.6. The molecule has 6 fully saturated rings. The molecule has 30 atom stereocenters. The smallest absolute Gasteiger partial charge is 0.217 e. The van der Waals surface area contributed by atoms with Crippen LogP contribution >= 0.6 is 0 Å². The topological polar surface area (TPSA) is 513 Å². The molecule has 0 radical (unpaired) electrons. The summed E-state index contributed by atoms with van der Waals surface area (Å²) in [4.78, 5) is 36.8. The molecule has 6 rings (SSSR count). The fourth-order valence-corrected chi connectivity index (χ4v) is 9.45. The van der Waals surface area contributed by atoms with Gasteiger partial charge in [-0.2, -0.15) is 0 Å². The second-order valence-electron chi connectivity index (χ2n) is 19.0. The van der Waals surface area contributed by atoms with Gasteiger partial charge >= 0.3 is 0 Å². The third-order valence-corrected chi connectivity index (χ3v) is 13.6. The van der Waals surface area contributed by atoms with Crippen LogP contribution in [0, 0.1) is 0 Å². The van der Waals surface area contributed by atoms with Crippen molar-refractivity contribution in [2.45, 2.75) is 212 Å². The van der Waals surface area contributed by atoms with Crippen LogP contribution in [0.15, 0.2) is 0 Å². The van der Waals surface area contributed by atoms with Gasteiger partial charge in [0.1, 0.15) is 140 Å². The minimum atomic E-state index is -2.16. The van der Waals surface area contributed by atoms with E-state index < -0.39 is 235 Å². The molecular formula is C42H71N3O30. The molecule has 0 aromatic carbocycles. The second-order valence-corrected chi connectivity index (χ2v) is 19.0. The van der Waals surface area contributed by atoms with Crippen molar-refractivity contribution in [2.24, 2.45) is 0 Å². The highest BCUT2D eigenvalue weighted by Crippen LogP contribution is 2.35. The second kappa shape index (κ2) is 26.5. The molecule has 0 aromatic heterocycles. The zero-order valence-corrected chi connectivity index (χ0v) is 40.7. The number of hydrogen-bond acceptors (Lipinski definition) is 30. The lowest BCUT2D eigenvalue weighted by atomic mass is 9.94. The Bertz CT molecular complexity index is 1850. The van der Waals surface area contributed by atoms with Crippen molar-refractivity contribution in [2.75, 3.05) is 33.0 Å². The molecule has 0 aliphatic carbocycles. The number of aliphatic hydroxyl groups excluding tert-OH is 16. The first-order chi connectivity index (χ1) is 35.3. The number of rotatable bonds is 18.